The number of ether oxygens (including phenoxy) is 4. The molecule has 140 valence electrons. The molecule has 0 radical (unpaired) electrons. The van der Waals surface area contributed by atoms with Gasteiger partial charge in [-0.25, -0.2) is 0 Å². The summed E-state index contributed by atoms with van der Waals surface area (Å²) in [4.78, 5) is 2.46. The van der Waals surface area contributed by atoms with Crippen molar-refractivity contribution in [1.82, 2.24) is 4.90 Å². The van der Waals surface area contributed by atoms with E-state index in [-0.39, 0.29) is 5.92 Å². The monoisotopic (exact) mass is 357 g/mol. The summed E-state index contributed by atoms with van der Waals surface area (Å²) in [6, 6.07) is 2.56. The minimum Gasteiger partial charge on any atom is -0.493 e. The maximum absolute atomic E-state index is 5.85. The average molecular weight is 357 g/mol. The fraction of sp³-hybridized carbons (Fsp3) is 0.524. The molecule has 3 unspecified atom stereocenters. The molecule has 0 amide bonds. The second-order valence-corrected chi connectivity index (χ2v) is 7.24. The van der Waals surface area contributed by atoms with Gasteiger partial charge in [-0.2, -0.15) is 0 Å². The van der Waals surface area contributed by atoms with E-state index in [2.05, 4.69) is 30.2 Å². The number of rotatable bonds is 4. The van der Waals surface area contributed by atoms with Crippen LogP contribution >= 0.6 is 0 Å². The summed E-state index contributed by atoms with van der Waals surface area (Å²) in [6.45, 7) is 1.06. The minimum atomic E-state index is 0.199. The van der Waals surface area contributed by atoms with E-state index in [0.29, 0.717) is 12.0 Å². The third kappa shape index (κ3) is 2.41. The molecule has 0 saturated carbocycles. The lowest BCUT2D eigenvalue weighted by molar-refractivity contribution is 0.170. The van der Waals surface area contributed by atoms with Crippen molar-refractivity contribution in [2.45, 2.75) is 24.8 Å². The second kappa shape index (κ2) is 6.54. The highest BCUT2D eigenvalue weighted by Crippen LogP contribution is 2.55. The molecule has 0 fully saturated rings. The second-order valence-electron chi connectivity index (χ2n) is 7.24. The quantitative estimate of drug-likeness (QED) is 0.826. The van der Waals surface area contributed by atoms with Gasteiger partial charge in [0.25, 0.3) is 0 Å². The van der Waals surface area contributed by atoms with Crippen LogP contribution in [0, 0.1) is 5.92 Å². The molecule has 0 saturated heterocycles. The lowest BCUT2D eigenvalue weighted by atomic mass is 9.67. The molecule has 5 heteroatoms. The van der Waals surface area contributed by atoms with E-state index in [1.807, 2.05) is 0 Å². The topological polar surface area (TPSA) is 40.2 Å². The van der Waals surface area contributed by atoms with E-state index < -0.39 is 0 Å². The van der Waals surface area contributed by atoms with Crippen molar-refractivity contribution in [3.05, 3.63) is 46.4 Å². The normalized spacial score (nSPS) is 26.9. The average Bonchev–Trinajstić information content (AvgIpc) is 2.68. The molecule has 2 aliphatic carbocycles. The van der Waals surface area contributed by atoms with E-state index in [9.17, 15) is 0 Å². The molecule has 0 N–H and O–H groups in total. The molecule has 0 spiro atoms. The third-order valence-corrected chi connectivity index (χ3v) is 6.10. The number of likely N-dealkylation sites (N-methyl/N-ethyl adjacent to an activating group) is 1. The first-order valence-electron chi connectivity index (χ1n) is 9.12. The predicted octanol–water partition coefficient (Wildman–Crippen LogP) is 3.41. The summed E-state index contributed by atoms with van der Waals surface area (Å²) in [7, 11) is 9.05. The zero-order chi connectivity index (χ0) is 18.4. The van der Waals surface area contributed by atoms with Gasteiger partial charge in [0.2, 0.25) is 0 Å². The Morgan fingerprint density at radius 3 is 2.31 bits per heavy atom. The van der Waals surface area contributed by atoms with E-state index in [1.165, 1.54) is 16.7 Å². The predicted molar refractivity (Wildman–Crippen MR) is 99.7 cm³/mol. The Kier molecular flexibility index (Phi) is 4.35. The van der Waals surface area contributed by atoms with Gasteiger partial charge in [0.1, 0.15) is 0 Å². The fourth-order valence-electron chi connectivity index (χ4n) is 4.85. The van der Waals surface area contributed by atoms with Gasteiger partial charge in [-0.05, 0) is 55.2 Å². The summed E-state index contributed by atoms with van der Waals surface area (Å²) in [6.07, 6.45) is 6.50. The molecule has 1 aliphatic heterocycles. The van der Waals surface area contributed by atoms with E-state index in [4.69, 9.17) is 18.9 Å². The number of benzene rings is 1. The lowest BCUT2D eigenvalue weighted by Gasteiger charge is -2.45. The van der Waals surface area contributed by atoms with Crippen molar-refractivity contribution in [2.24, 2.45) is 5.92 Å². The molecule has 3 atom stereocenters. The van der Waals surface area contributed by atoms with Crippen molar-refractivity contribution >= 4 is 0 Å². The molecule has 0 bridgehead atoms. The molecule has 0 aromatic heterocycles. The van der Waals surface area contributed by atoms with Gasteiger partial charge in [-0.3, -0.25) is 4.90 Å². The van der Waals surface area contributed by atoms with E-state index in [1.54, 1.807) is 28.4 Å². The van der Waals surface area contributed by atoms with E-state index >= 15 is 0 Å². The molecular formula is C21H27NO4. The van der Waals surface area contributed by atoms with Crippen LogP contribution in [0.25, 0.3) is 0 Å². The van der Waals surface area contributed by atoms with Crippen LogP contribution in [-0.4, -0.2) is 46.9 Å². The summed E-state index contributed by atoms with van der Waals surface area (Å²) < 4.78 is 22.7. The first-order valence-corrected chi connectivity index (χ1v) is 9.12. The number of fused-ring (bicyclic) bond motifs is 2. The van der Waals surface area contributed by atoms with Crippen LogP contribution < -0.4 is 9.47 Å². The Hall–Kier alpha value is -2.14. The molecule has 4 rings (SSSR count). The van der Waals surface area contributed by atoms with Crippen LogP contribution in [0.5, 0.6) is 11.5 Å². The highest BCUT2D eigenvalue weighted by Gasteiger charge is 2.43. The molecule has 1 aromatic rings. The van der Waals surface area contributed by atoms with Crippen LogP contribution in [0.2, 0.25) is 0 Å². The summed E-state index contributed by atoms with van der Waals surface area (Å²) in [5, 5.41) is 0. The molecular weight excluding hydrogens is 330 g/mol. The Morgan fingerprint density at radius 1 is 0.923 bits per heavy atom. The highest BCUT2D eigenvalue weighted by atomic mass is 16.5. The third-order valence-electron chi connectivity index (χ3n) is 6.10. The van der Waals surface area contributed by atoms with Gasteiger partial charge >= 0.3 is 0 Å². The molecule has 5 nitrogen and oxygen atoms in total. The van der Waals surface area contributed by atoms with Gasteiger partial charge in [0.05, 0.1) is 28.4 Å². The van der Waals surface area contributed by atoms with Crippen LogP contribution in [0.15, 0.2) is 29.7 Å². The number of methoxy groups -OCH3 is 4. The Balaban J connectivity index is 1.96. The first kappa shape index (κ1) is 17.3. The largest absolute Gasteiger partial charge is 0.493 e. The number of hydrogen-bond acceptors (Lipinski definition) is 5. The van der Waals surface area contributed by atoms with Gasteiger partial charge < -0.3 is 18.9 Å². The van der Waals surface area contributed by atoms with Gasteiger partial charge in [-0.1, -0.05) is 0 Å². The van der Waals surface area contributed by atoms with Crippen LogP contribution in [0.1, 0.15) is 35.1 Å². The molecule has 1 heterocycles. The Labute approximate surface area is 155 Å². The summed E-state index contributed by atoms with van der Waals surface area (Å²) in [5.74, 6) is 3.81. The van der Waals surface area contributed by atoms with Gasteiger partial charge in [0.15, 0.2) is 23.0 Å². The molecule has 1 aromatic carbocycles. The fourth-order valence-corrected chi connectivity index (χ4v) is 4.85. The standard InChI is InChI=1S/C21H27NO4/c1-22-7-6-12-9-18(25-4)21(26-5)20-14-11-17(24-3)16(23-2)10-13(14)8-15(22)19(12)20/h9-11,13-15H,6-8H2,1-5H3. The SMILES string of the molecule is COC1=CC2CC3c4c(cc(OC)c(OC)c4C2C=C1OC)CCN3C. The zero-order valence-electron chi connectivity index (χ0n) is 16.2. The molecule has 3 aliphatic rings. The zero-order valence-corrected chi connectivity index (χ0v) is 16.2. The molecule has 26 heavy (non-hydrogen) atoms. The first-order chi connectivity index (χ1) is 12.6. The van der Waals surface area contributed by atoms with Crippen LogP contribution in [0.4, 0.5) is 0 Å². The van der Waals surface area contributed by atoms with E-state index in [0.717, 1.165) is 42.4 Å². The van der Waals surface area contributed by atoms with Crippen molar-refractivity contribution in [3.63, 3.8) is 0 Å². The number of nitrogens with zero attached hydrogens (tertiary/aromatic N) is 1. The van der Waals surface area contributed by atoms with Crippen molar-refractivity contribution in [2.75, 3.05) is 42.0 Å². The maximum Gasteiger partial charge on any atom is 0.164 e. The minimum absolute atomic E-state index is 0.199. The summed E-state index contributed by atoms with van der Waals surface area (Å²) in [5.41, 5.74) is 4.04. The van der Waals surface area contributed by atoms with Gasteiger partial charge in [-0.15, -0.1) is 0 Å². The maximum atomic E-state index is 5.85. The lowest BCUT2D eigenvalue weighted by Crippen LogP contribution is -2.39. The number of hydrogen-bond donors (Lipinski definition) is 0. The van der Waals surface area contributed by atoms with Crippen molar-refractivity contribution in [3.8, 4) is 11.5 Å². The highest BCUT2D eigenvalue weighted by molar-refractivity contribution is 5.61. The number of allylic oxidation sites excluding steroid dienone is 2. The Bertz CT molecular complexity index is 783. The van der Waals surface area contributed by atoms with Crippen molar-refractivity contribution in [1.29, 1.82) is 0 Å². The van der Waals surface area contributed by atoms with Crippen LogP contribution in [0.3, 0.4) is 0 Å². The Morgan fingerprint density at radius 2 is 1.65 bits per heavy atom. The van der Waals surface area contributed by atoms with Gasteiger partial charge in [0, 0.05) is 24.1 Å². The van der Waals surface area contributed by atoms with Crippen LogP contribution in [-0.2, 0) is 15.9 Å². The van der Waals surface area contributed by atoms with Crippen molar-refractivity contribution < 1.29 is 18.9 Å². The summed E-state index contributed by atoms with van der Waals surface area (Å²) >= 11 is 0. The smallest absolute Gasteiger partial charge is 0.164 e.